The van der Waals surface area contributed by atoms with Crippen molar-refractivity contribution in [3.8, 4) is 5.75 Å². The normalized spacial score (nSPS) is 10.5. The molecule has 1 amide bonds. The number of benzene rings is 1. The molecule has 0 bridgehead atoms. The van der Waals surface area contributed by atoms with Gasteiger partial charge in [-0.3, -0.25) is 4.79 Å². The van der Waals surface area contributed by atoms with Crippen LogP contribution in [0.5, 0.6) is 5.75 Å². The Kier molecular flexibility index (Phi) is 7.25. The fraction of sp³-hybridized carbons (Fsp3) is 0.364. The minimum absolute atomic E-state index is 0. The summed E-state index contributed by atoms with van der Waals surface area (Å²) in [5.41, 5.74) is 5.43. The van der Waals surface area contributed by atoms with Gasteiger partial charge in [-0.25, -0.2) is 0 Å². The number of alkyl halides is 3. The maximum absolute atomic E-state index is 12.1. The van der Waals surface area contributed by atoms with E-state index in [1.165, 1.54) is 18.2 Å². The van der Waals surface area contributed by atoms with E-state index in [0.29, 0.717) is 0 Å². The number of hydrogen-bond donors (Lipinski definition) is 2. The van der Waals surface area contributed by atoms with E-state index in [4.69, 9.17) is 5.73 Å². The van der Waals surface area contributed by atoms with E-state index in [1.54, 1.807) is 6.07 Å². The Bertz CT molecular complexity index is 413. The van der Waals surface area contributed by atoms with Crippen molar-refractivity contribution in [3.05, 3.63) is 29.8 Å². The first-order valence-corrected chi connectivity index (χ1v) is 5.23. The van der Waals surface area contributed by atoms with Crippen LogP contribution in [0.2, 0.25) is 0 Å². The molecule has 0 saturated heterocycles. The monoisotopic (exact) mass is 298 g/mol. The summed E-state index contributed by atoms with van der Waals surface area (Å²) in [6.45, 7) is 0.150. The van der Waals surface area contributed by atoms with Gasteiger partial charge in [-0.05, 0) is 6.07 Å². The van der Waals surface area contributed by atoms with Crippen molar-refractivity contribution in [3.63, 3.8) is 0 Å². The molecule has 4 nitrogen and oxygen atoms in total. The van der Waals surface area contributed by atoms with Crippen LogP contribution in [0.15, 0.2) is 24.3 Å². The van der Waals surface area contributed by atoms with Crippen LogP contribution in [0.4, 0.5) is 13.2 Å². The van der Waals surface area contributed by atoms with Crippen LogP contribution in [0.25, 0.3) is 0 Å². The first kappa shape index (κ1) is 17.5. The Balaban J connectivity index is 0.00000324. The van der Waals surface area contributed by atoms with Gasteiger partial charge in [-0.2, -0.15) is 0 Å². The van der Waals surface area contributed by atoms with Gasteiger partial charge in [0.2, 0.25) is 5.91 Å². The van der Waals surface area contributed by atoms with E-state index >= 15 is 0 Å². The summed E-state index contributed by atoms with van der Waals surface area (Å²) in [5, 5.41) is 2.46. The summed E-state index contributed by atoms with van der Waals surface area (Å²) in [6, 6.07) is 5.63. The van der Waals surface area contributed by atoms with Crippen molar-refractivity contribution in [2.45, 2.75) is 19.3 Å². The largest absolute Gasteiger partial charge is 0.573 e. The highest BCUT2D eigenvalue weighted by molar-refractivity contribution is 5.85. The van der Waals surface area contributed by atoms with Crippen LogP contribution in [-0.2, 0) is 11.3 Å². The van der Waals surface area contributed by atoms with Gasteiger partial charge in [-0.15, -0.1) is 25.6 Å². The molecule has 1 aromatic carbocycles. The number of amides is 1. The third-order valence-corrected chi connectivity index (χ3v) is 2.05. The molecule has 19 heavy (non-hydrogen) atoms. The standard InChI is InChI=1S/C11H13F3N2O2.ClH/c12-11(13,14)18-9-4-2-1-3-8(9)7-16-10(17)5-6-15;/h1-4H,5-7,15H2,(H,16,17);1H. The zero-order valence-corrected chi connectivity index (χ0v) is 10.7. The van der Waals surface area contributed by atoms with Crippen molar-refractivity contribution < 1.29 is 22.7 Å². The second-order valence-corrected chi connectivity index (χ2v) is 3.47. The summed E-state index contributed by atoms with van der Waals surface area (Å²) in [5.74, 6) is -0.641. The molecule has 1 aromatic rings. The van der Waals surface area contributed by atoms with Crippen LogP contribution < -0.4 is 15.8 Å². The fourth-order valence-electron chi connectivity index (χ4n) is 1.29. The topological polar surface area (TPSA) is 64.4 Å². The van der Waals surface area contributed by atoms with Gasteiger partial charge in [0.15, 0.2) is 0 Å². The molecule has 3 N–H and O–H groups in total. The minimum atomic E-state index is -4.75. The van der Waals surface area contributed by atoms with Crippen LogP contribution in [0.1, 0.15) is 12.0 Å². The maximum atomic E-state index is 12.1. The van der Waals surface area contributed by atoms with Gasteiger partial charge in [0.1, 0.15) is 5.75 Å². The van der Waals surface area contributed by atoms with Gasteiger partial charge < -0.3 is 15.8 Å². The smallest absolute Gasteiger partial charge is 0.405 e. The molecule has 0 unspecified atom stereocenters. The van der Waals surface area contributed by atoms with Gasteiger partial charge in [0.05, 0.1) is 0 Å². The van der Waals surface area contributed by atoms with Crippen molar-refractivity contribution in [1.29, 1.82) is 0 Å². The maximum Gasteiger partial charge on any atom is 0.573 e. The number of nitrogens with one attached hydrogen (secondary N) is 1. The van der Waals surface area contributed by atoms with E-state index < -0.39 is 6.36 Å². The molecule has 0 radical (unpaired) electrons. The van der Waals surface area contributed by atoms with Gasteiger partial charge in [0, 0.05) is 25.1 Å². The number of para-hydroxylation sites is 1. The average Bonchev–Trinajstić information content (AvgIpc) is 2.26. The SMILES string of the molecule is Cl.NCCC(=O)NCc1ccccc1OC(F)(F)F. The number of rotatable bonds is 5. The molecule has 8 heteroatoms. The zero-order valence-electron chi connectivity index (χ0n) is 9.87. The number of carbonyl (C=O) groups excluding carboxylic acids is 1. The van der Waals surface area contributed by atoms with Crippen LogP contribution >= 0.6 is 12.4 Å². The van der Waals surface area contributed by atoms with Gasteiger partial charge in [0.25, 0.3) is 0 Å². The molecule has 0 fully saturated rings. The van der Waals surface area contributed by atoms with Crippen LogP contribution in [0.3, 0.4) is 0 Å². The lowest BCUT2D eigenvalue weighted by atomic mass is 10.2. The van der Waals surface area contributed by atoms with E-state index in [-0.39, 0.29) is 49.1 Å². The highest BCUT2D eigenvalue weighted by Crippen LogP contribution is 2.25. The molecule has 0 atom stereocenters. The second kappa shape index (κ2) is 7.85. The molecule has 0 spiro atoms. The lowest BCUT2D eigenvalue weighted by Crippen LogP contribution is -2.26. The van der Waals surface area contributed by atoms with Crippen molar-refractivity contribution >= 4 is 18.3 Å². The Labute approximate surface area is 114 Å². The number of carbonyl (C=O) groups is 1. The lowest BCUT2D eigenvalue weighted by molar-refractivity contribution is -0.274. The summed E-state index contributed by atoms with van der Waals surface area (Å²) in [4.78, 5) is 11.2. The van der Waals surface area contributed by atoms with Crippen LogP contribution in [-0.4, -0.2) is 18.8 Å². The number of ether oxygens (including phenoxy) is 1. The summed E-state index contributed by atoms with van der Waals surface area (Å²) < 4.78 is 40.2. The van der Waals surface area contributed by atoms with E-state index in [2.05, 4.69) is 10.1 Å². The number of hydrogen-bond acceptors (Lipinski definition) is 3. The van der Waals surface area contributed by atoms with Crippen molar-refractivity contribution in [1.82, 2.24) is 5.32 Å². The molecule has 0 saturated carbocycles. The molecule has 0 aliphatic rings. The van der Waals surface area contributed by atoms with Crippen molar-refractivity contribution in [2.24, 2.45) is 5.73 Å². The predicted molar refractivity (Wildman–Crippen MR) is 65.9 cm³/mol. The van der Waals surface area contributed by atoms with Crippen LogP contribution in [0, 0.1) is 0 Å². The Morgan fingerprint density at radius 2 is 1.95 bits per heavy atom. The molecular weight excluding hydrogens is 285 g/mol. The summed E-state index contributed by atoms with van der Waals surface area (Å²) >= 11 is 0. The first-order chi connectivity index (χ1) is 8.42. The van der Waals surface area contributed by atoms with E-state index in [9.17, 15) is 18.0 Å². The number of nitrogens with two attached hydrogens (primary N) is 1. The molecule has 0 aliphatic heterocycles. The molecular formula is C11H14ClF3N2O2. The third kappa shape index (κ3) is 6.88. The third-order valence-electron chi connectivity index (χ3n) is 2.05. The molecule has 0 aliphatic carbocycles. The van der Waals surface area contributed by atoms with E-state index in [0.717, 1.165) is 0 Å². The molecule has 0 heterocycles. The van der Waals surface area contributed by atoms with Gasteiger partial charge >= 0.3 is 6.36 Å². The summed E-state index contributed by atoms with van der Waals surface area (Å²) in [6.07, 6.45) is -4.63. The Morgan fingerprint density at radius 1 is 1.32 bits per heavy atom. The average molecular weight is 299 g/mol. The number of halogens is 4. The second-order valence-electron chi connectivity index (χ2n) is 3.47. The van der Waals surface area contributed by atoms with Gasteiger partial charge in [-0.1, -0.05) is 18.2 Å². The Morgan fingerprint density at radius 3 is 2.53 bits per heavy atom. The quantitative estimate of drug-likeness (QED) is 0.873. The zero-order chi connectivity index (χ0) is 13.6. The summed E-state index contributed by atoms with van der Waals surface area (Å²) in [7, 11) is 0. The molecule has 1 rings (SSSR count). The predicted octanol–water partition coefficient (Wildman–Crippen LogP) is 1.97. The lowest BCUT2D eigenvalue weighted by Gasteiger charge is -2.13. The molecule has 108 valence electrons. The highest BCUT2D eigenvalue weighted by atomic mass is 35.5. The first-order valence-electron chi connectivity index (χ1n) is 5.23. The Hall–Kier alpha value is -1.47. The van der Waals surface area contributed by atoms with E-state index in [1.807, 2.05) is 0 Å². The minimum Gasteiger partial charge on any atom is -0.405 e. The molecule has 0 aromatic heterocycles. The fourth-order valence-corrected chi connectivity index (χ4v) is 1.29. The highest BCUT2D eigenvalue weighted by Gasteiger charge is 2.31. The van der Waals surface area contributed by atoms with Crippen molar-refractivity contribution in [2.75, 3.05) is 6.54 Å².